The van der Waals surface area contributed by atoms with Crippen molar-refractivity contribution in [2.75, 3.05) is 6.54 Å². The van der Waals surface area contributed by atoms with Crippen molar-refractivity contribution in [1.29, 1.82) is 0 Å². The maximum atomic E-state index is 14.2. The normalized spacial score (nSPS) is 19.5. The van der Waals surface area contributed by atoms with Crippen LogP contribution in [-0.4, -0.2) is 29.3 Å². The van der Waals surface area contributed by atoms with Crippen LogP contribution in [-0.2, 0) is 16.9 Å². The molecule has 0 saturated carbocycles. The standard InChI is InChI=1S/C24H16F3N3O3/c25-16-6-3-14-11-30(21(31)19(14)10-16)12-24(22(32)28-23(33)29-24)15-4-1-13(2-5-15)18-9-17(26)7-8-20(18)27/h1-10H,11-12H2,(H2,28,29,32,33)/t24-/m0/s1. The van der Waals surface area contributed by atoms with Gasteiger partial charge in [0.05, 0.1) is 6.54 Å². The third kappa shape index (κ3) is 3.42. The first kappa shape index (κ1) is 20.7. The van der Waals surface area contributed by atoms with Crippen molar-refractivity contribution < 1.29 is 27.6 Å². The molecule has 1 atom stereocenters. The Morgan fingerprint density at radius 3 is 2.18 bits per heavy atom. The first-order chi connectivity index (χ1) is 15.8. The second kappa shape index (κ2) is 7.47. The summed E-state index contributed by atoms with van der Waals surface area (Å²) < 4.78 is 41.4. The van der Waals surface area contributed by atoms with E-state index in [1.165, 1.54) is 41.3 Å². The molecular weight excluding hydrogens is 435 g/mol. The minimum Gasteiger partial charge on any atom is -0.331 e. The van der Waals surface area contributed by atoms with Crippen molar-refractivity contribution >= 4 is 17.8 Å². The summed E-state index contributed by atoms with van der Waals surface area (Å²) in [6.07, 6.45) is 0. The van der Waals surface area contributed by atoms with E-state index in [1.807, 2.05) is 0 Å². The van der Waals surface area contributed by atoms with Crippen LogP contribution < -0.4 is 10.6 Å². The van der Waals surface area contributed by atoms with Crippen LogP contribution in [0.3, 0.4) is 0 Å². The molecule has 0 aliphatic carbocycles. The van der Waals surface area contributed by atoms with Crippen molar-refractivity contribution in [3.05, 3.63) is 94.8 Å². The molecule has 1 saturated heterocycles. The number of urea groups is 1. The number of rotatable bonds is 4. The van der Waals surface area contributed by atoms with E-state index >= 15 is 0 Å². The average Bonchev–Trinajstić information content (AvgIpc) is 3.25. The molecule has 3 aromatic carbocycles. The highest BCUT2D eigenvalue weighted by Crippen LogP contribution is 2.33. The van der Waals surface area contributed by atoms with Gasteiger partial charge in [-0.25, -0.2) is 18.0 Å². The summed E-state index contributed by atoms with van der Waals surface area (Å²) in [4.78, 5) is 39.1. The maximum Gasteiger partial charge on any atom is 0.322 e. The maximum absolute atomic E-state index is 14.2. The molecule has 9 heteroatoms. The summed E-state index contributed by atoms with van der Waals surface area (Å²) in [5, 5.41) is 4.79. The highest BCUT2D eigenvalue weighted by atomic mass is 19.1. The van der Waals surface area contributed by atoms with Crippen LogP contribution in [0.25, 0.3) is 11.1 Å². The van der Waals surface area contributed by atoms with E-state index in [9.17, 15) is 27.6 Å². The molecule has 5 rings (SSSR count). The van der Waals surface area contributed by atoms with Gasteiger partial charge in [0.15, 0.2) is 5.54 Å². The number of carbonyl (C=O) groups excluding carboxylic acids is 3. The molecule has 0 radical (unpaired) electrons. The van der Waals surface area contributed by atoms with Crippen LogP contribution in [0.15, 0.2) is 60.7 Å². The van der Waals surface area contributed by atoms with E-state index in [0.29, 0.717) is 16.7 Å². The first-order valence-corrected chi connectivity index (χ1v) is 10.0. The molecule has 1 fully saturated rings. The van der Waals surface area contributed by atoms with E-state index < -0.39 is 40.8 Å². The summed E-state index contributed by atoms with van der Waals surface area (Å²) in [7, 11) is 0. The van der Waals surface area contributed by atoms with Gasteiger partial charge < -0.3 is 10.2 Å². The lowest BCUT2D eigenvalue weighted by Gasteiger charge is -2.31. The molecule has 166 valence electrons. The number of fused-ring (bicyclic) bond motifs is 1. The lowest BCUT2D eigenvalue weighted by molar-refractivity contribution is -0.124. The fourth-order valence-corrected chi connectivity index (χ4v) is 4.30. The third-order valence-corrected chi connectivity index (χ3v) is 5.94. The van der Waals surface area contributed by atoms with Gasteiger partial charge in [0.2, 0.25) is 0 Å². The lowest BCUT2D eigenvalue weighted by atomic mass is 9.88. The van der Waals surface area contributed by atoms with Crippen molar-refractivity contribution in [2.24, 2.45) is 0 Å². The molecule has 3 aromatic rings. The molecular formula is C24H16F3N3O3. The minimum atomic E-state index is -1.60. The monoisotopic (exact) mass is 451 g/mol. The predicted octanol–water partition coefficient (Wildman–Crippen LogP) is 3.46. The predicted molar refractivity (Wildman–Crippen MR) is 111 cm³/mol. The Morgan fingerprint density at radius 1 is 0.848 bits per heavy atom. The second-order valence-electron chi connectivity index (χ2n) is 7.98. The summed E-state index contributed by atoms with van der Waals surface area (Å²) >= 11 is 0. The number of benzene rings is 3. The molecule has 33 heavy (non-hydrogen) atoms. The number of amides is 4. The van der Waals surface area contributed by atoms with E-state index in [0.717, 1.165) is 24.3 Å². The number of nitrogens with one attached hydrogen (secondary N) is 2. The molecule has 4 amide bonds. The van der Waals surface area contributed by atoms with Gasteiger partial charge in [-0.05, 0) is 47.0 Å². The average molecular weight is 451 g/mol. The Hall–Kier alpha value is -4.14. The largest absolute Gasteiger partial charge is 0.331 e. The zero-order valence-electron chi connectivity index (χ0n) is 17.0. The Morgan fingerprint density at radius 2 is 1.52 bits per heavy atom. The van der Waals surface area contributed by atoms with Gasteiger partial charge in [0, 0.05) is 17.7 Å². The number of hydrogen-bond acceptors (Lipinski definition) is 3. The molecule has 2 aliphatic rings. The van der Waals surface area contributed by atoms with E-state index in [4.69, 9.17) is 0 Å². The quantitative estimate of drug-likeness (QED) is 0.597. The second-order valence-corrected chi connectivity index (χ2v) is 7.98. The van der Waals surface area contributed by atoms with Crippen molar-refractivity contribution in [2.45, 2.75) is 12.1 Å². The Kier molecular flexibility index (Phi) is 4.70. The summed E-state index contributed by atoms with van der Waals surface area (Å²) in [5.74, 6) is -2.88. The first-order valence-electron chi connectivity index (χ1n) is 10.0. The highest BCUT2D eigenvalue weighted by molar-refractivity contribution is 6.08. The fourth-order valence-electron chi connectivity index (χ4n) is 4.30. The number of carbonyl (C=O) groups is 3. The molecule has 0 aromatic heterocycles. The molecule has 0 bridgehead atoms. The van der Waals surface area contributed by atoms with Crippen molar-refractivity contribution in [3.8, 4) is 11.1 Å². The van der Waals surface area contributed by atoms with Gasteiger partial charge in [0.25, 0.3) is 11.8 Å². The van der Waals surface area contributed by atoms with Gasteiger partial charge in [0.1, 0.15) is 17.5 Å². The smallest absolute Gasteiger partial charge is 0.322 e. The Bertz CT molecular complexity index is 1330. The van der Waals surface area contributed by atoms with E-state index in [2.05, 4.69) is 10.6 Å². The topological polar surface area (TPSA) is 78.5 Å². The Labute approximate surface area is 186 Å². The van der Waals surface area contributed by atoms with Crippen LogP contribution in [0.1, 0.15) is 21.5 Å². The van der Waals surface area contributed by atoms with Gasteiger partial charge in [-0.1, -0.05) is 30.3 Å². The van der Waals surface area contributed by atoms with Gasteiger partial charge in [-0.2, -0.15) is 0 Å². The Balaban J connectivity index is 1.50. The summed E-state index contributed by atoms with van der Waals surface area (Å²) in [5.41, 5.74) is -0.0309. The van der Waals surface area contributed by atoms with Crippen LogP contribution in [0, 0.1) is 17.5 Å². The SMILES string of the molecule is O=C1NC(=O)[C@](CN2Cc3ccc(F)cc3C2=O)(c2ccc(-c3cc(F)ccc3F)cc2)N1. The number of imide groups is 1. The van der Waals surface area contributed by atoms with Crippen LogP contribution in [0.5, 0.6) is 0 Å². The molecule has 2 aliphatic heterocycles. The van der Waals surface area contributed by atoms with E-state index in [1.54, 1.807) is 0 Å². The lowest BCUT2D eigenvalue weighted by Crippen LogP contribution is -2.52. The van der Waals surface area contributed by atoms with Gasteiger partial charge in [-0.15, -0.1) is 0 Å². The van der Waals surface area contributed by atoms with Gasteiger partial charge >= 0.3 is 6.03 Å². The highest BCUT2D eigenvalue weighted by Gasteiger charge is 2.50. The van der Waals surface area contributed by atoms with E-state index in [-0.39, 0.29) is 24.2 Å². The molecule has 2 N–H and O–H groups in total. The van der Waals surface area contributed by atoms with Crippen LogP contribution in [0.2, 0.25) is 0 Å². The van der Waals surface area contributed by atoms with Crippen molar-refractivity contribution in [3.63, 3.8) is 0 Å². The number of halogens is 3. The minimum absolute atomic E-state index is 0.0442. The zero-order valence-corrected chi connectivity index (χ0v) is 17.0. The molecule has 0 spiro atoms. The van der Waals surface area contributed by atoms with Crippen LogP contribution >= 0.6 is 0 Å². The molecule has 6 nitrogen and oxygen atoms in total. The van der Waals surface area contributed by atoms with Crippen LogP contribution in [0.4, 0.5) is 18.0 Å². The molecule has 2 heterocycles. The number of nitrogens with zero attached hydrogens (tertiary/aromatic N) is 1. The molecule has 0 unspecified atom stereocenters. The van der Waals surface area contributed by atoms with Crippen molar-refractivity contribution in [1.82, 2.24) is 15.5 Å². The number of hydrogen-bond donors (Lipinski definition) is 2. The summed E-state index contributed by atoms with van der Waals surface area (Å²) in [6.45, 7) is -0.0562. The third-order valence-electron chi connectivity index (χ3n) is 5.94. The zero-order chi connectivity index (χ0) is 23.3. The summed E-state index contributed by atoms with van der Waals surface area (Å²) in [6, 6.07) is 12.3. The fraction of sp³-hybridized carbons (Fsp3) is 0.125. The van der Waals surface area contributed by atoms with Gasteiger partial charge in [-0.3, -0.25) is 14.9 Å².